The number of aliphatic hydroxyl groups is 1. The van der Waals surface area contributed by atoms with Crippen LogP contribution >= 0.6 is 0 Å². The van der Waals surface area contributed by atoms with Gasteiger partial charge in [-0.05, 0) is 59.2 Å². The SMILES string of the molecule is CCCCCCCCN(CCCCCCO)CCCN/C(C)=C(/C)NC. The molecule has 0 spiro atoms. The Labute approximate surface area is 163 Å². The highest BCUT2D eigenvalue weighted by molar-refractivity contribution is 5.04. The standard InChI is InChI=1S/C22H47N3O/c1-5-6-7-8-9-12-17-25(18-13-10-11-14-20-26)19-15-16-24-22(3)21(2)23-4/h23-24,26H,5-20H2,1-4H3/b22-21-. The third kappa shape index (κ3) is 15.5. The predicted molar refractivity (Wildman–Crippen MR) is 115 cm³/mol. The van der Waals surface area contributed by atoms with Gasteiger partial charge in [0.15, 0.2) is 0 Å². The van der Waals surface area contributed by atoms with Gasteiger partial charge in [0, 0.05) is 31.6 Å². The zero-order valence-electron chi connectivity index (χ0n) is 18.2. The van der Waals surface area contributed by atoms with Gasteiger partial charge in [0.1, 0.15) is 0 Å². The number of nitrogens with zero attached hydrogens (tertiary/aromatic N) is 1. The summed E-state index contributed by atoms with van der Waals surface area (Å²) >= 11 is 0. The quantitative estimate of drug-likeness (QED) is 0.290. The van der Waals surface area contributed by atoms with Crippen molar-refractivity contribution in [2.45, 2.75) is 91.4 Å². The van der Waals surface area contributed by atoms with Crippen molar-refractivity contribution in [3.05, 3.63) is 11.4 Å². The molecule has 0 rings (SSSR count). The van der Waals surface area contributed by atoms with Crippen molar-refractivity contribution in [2.75, 3.05) is 39.8 Å². The zero-order valence-corrected chi connectivity index (χ0v) is 18.2. The van der Waals surface area contributed by atoms with Crippen LogP contribution in [0.15, 0.2) is 11.4 Å². The van der Waals surface area contributed by atoms with E-state index in [1.807, 2.05) is 7.05 Å². The predicted octanol–water partition coefficient (Wildman–Crippen LogP) is 4.65. The van der Waals surface area contributed by atoms with Crippen molar-refractivity contribution in [3.63, 3.8) is 0 Å². The van der Waals surface area contributed by atoms with E-state index in [1.165, 1.54) is 88.8 Å². The Morgan fingerprint density at radius 2 is 1.27 bits per heavy atom. The lowest BCUT2D eigenvalue weighted by Crippen LogP contribution is -2.29. The van der Waals surface area contributed by atoms with Crippen molar-refractivity contribution >= 4 is 0 Å². The summed E-state index contributed by atoms with van der Waals surface area (Å²) in [7, 11) is 1.97. The van der Waals surface area contributed by atoms with E-state index in [0.29, 0.717) is 6.61 Å². The molecule has 0 aromatic rings. The molecule has 0 aliphatic heterocycles. The molecule has 0 aliphatic rings. The van der Waals surface area contributed by atoms with Gasteiger partial charge in [0.05, 0.1) is 0 Å². The van der Waals surface area contributed by atoms with Gasteiger partial charge in [0.2, 0.25) is 0 Å². The first-order chi connectivity index (χ1) is 12.7. The Balaban J connectivity index is 4.01. The first-order valence-electron chi connectivity index (χ1n) is 11.1. The molecule has 4 nitrogen and oxygen atoms in total. The van der Waals surface area contributed by atoms with E-state index in [1.54, 1.807) is 0 Å². The number of nitrogens with one attached hydrogen (secondary N) is 2. The normalized spacial score (nSPS) is 12.4. The fourth-order valence-corrected chi connectivity index (χ4v) is 3.15. The molecular formula is C22H47N3O. The summed E-state index contributed by atoms with van der Waals surface area (Å²) in [5.74, 6) is 0. The minimum absolute atomic E-state index is 0.339. The van der Waals surface area contributed by atoms with Crippen LogP contribution in [-0.2, 0) is 0 Å². The number of aliphatic hydroxyl groups excluding tert-OH is 1. The molecule has 0 saturated carbocycles. The summed E-state index contributed by atoms with van der Waals surface area (Å²) in [6, 6.07) is 0. The number of hydrogen-bond acceptors (Lipinski definition) is 4. The summed E-state index contributed by atoms with van der Waals surface area (Å²) in [4.78, 5) is 2.66. The number of hydrogen-bond donors (Lipinski definition) is 3. The Kier molecular flexibility index (Phi) is 18.5. The molecule has 26 heavy (non-hydrogen) atoms. The van der Waals surface area contributed by atoms with Crippen LogP contribution in [-0.4, -0.2) is 49.8 Å². The Morgan fingerprint density at radius 3 is 1.85 bits per heavy atom. The topological polar surface area (TPSA) is 47.5 Å². The molecule has 0 amide bonds. The summed E-state index contributed by atoms with van der Waals surface area (Å²) < 4.78 is 0. The van der Waals surface area contributed by atoms with E-state index in [0.717, 1.165) is 19.4 Å². The minimum atomic E-state index is 0.339. The number of allylic oxidation sites excluding steroid dienone is 2. The van der Waals surface area contributed by atoms with Gasteiger partial charge >= 0.3 is 0 Å². The number of unbranched alkanes of at least 4 members (excludes halogenated alkanes) is 8. The minimum Gasteiger partial charge on any atom is -0.396 e. The highest BCUT2D eigenvalue weighted by atomic mass is 16.2. The Bertz CT molecular complexity index is 331. The lowest BCUT2D eigenvalue weighted by Gasteiger charge is -2.23. The van der Waals surface area contributed by atoms with Gasteiger partial charge in [0.25, 0.3) is 0 Å². The molecule has 0 aromatic heterocycles. The van der Waals surface area contributed by atoms with E-state index in [4.69, 9.17) is 5.11 Å². The van der Waals surface area contributed by atoms with E-state index in [9.17, 15) is 0 Å². The highest BCUT2D eigenvalue weighted by Gasteiger charge is 2.05. The maximum atomic E-state index is 8.90. The smallest absolute Gasteiger partial charge is 0.0431 e. The van der Waals surface area contributed by atoms with Crippen molar-refractivity contribution < 1.29 is 5.11 Å². The monoisotopic (exact) mass is 369 g/mol. The van der Waals surface area contributed by atoms with Crippen LogP contribution < -0.4 is 10.6 Å². The molecule has 0 unspecified atom stereocenters. The largest absolute Gasteiger partial charge is 0.396 e. The van der Waals surface area contributed by atoms with Crippen molar-refractivity contribution in [2.24, 2.45) is 0 Å². The zero-order chi connectivity index (χ0) is 19.5. The fourth-order valence-electron chi connectivity index (χ4n) is 3.15. The lowest BCUT2D eigenvalue weighted by molar-refractivity contribution is 0.251. The van der Waals surface area contributed by atoms with Crippen molar-refractivity contribution in [1.29, 1.82) is 0 Å². The van der Waals surface area contributed by atoms with E-state index >= 15 is 0 Å². The summed E-state index contributed by atoms with van der Waals surface area (Å²) in [5, 5.41) is 15.6. The van der Waals surface area contributed by atoms with E-state index < -0.39 is 0 Å². The van der Waals surface area contributed by atoms with Crippen LogP contribution in [0.3, 0.4) is 0 Å². The first kappa shape index (κ1) is 25.3. The van der Waals surface area contributed by atoms with E-state index in [-0.39, 0.29) is 0 Å². The second kappa shape index (κ2) is 19.0. The molecule has 156 valence electrons. The Hall–Kier alpha value is -0.740. The van der Waals surface area contributed by atoms with Gasteiger partial charge in [-0.3, -0.25) is 0 Å². The average Bonchev–Trinajstić information content (AvgIpc) is 2.65. The maximum absolute atomic E-state index is 8.90. The lowest BCUT2D eigenvalue weighted by atomic mass is 10.1. The van der Waals surface area contributed by atoms with Gasteiger partial charge in [-0.25, -0.2) is 0 Å². The van der Waals surface area contributed by atoms with Gasteiger partial charge in [-0.1, -0.05) is 51.9 Å². The van der Waals surface area contributed by atoms with Crippen LogP contribution in [0.1, 0.15) is 91.4 Å². The Morgan fingerprint density at radius 1 is 0.731 bits per heavy atom. The van der Waals surface area contributed by atoms with Crippen LogP contribution in [0, 0.1) is 0 Å². The third-order valence-electron chi connectivity index (χ3n) is 5.19. The molecule has 0 atom stereocenters. The van der Waals surface area contributed by atoms with Crippen molar-refractivity contribution in [1.82, 2.24) is 15.5 Å². The van der Waals surface area contributed by atoms with Crippen LogP contribution in [0.2, 0.25) is 0 Å². The summed E-state index contributed by atoms with van der Waals surface area (Å²) in [6.45, 7) is 11.6. The fraction of sp³-hybridized carbons (Fsp3) is 0.909. The van der Waals surface area contributed by atoms with Crippen LogP contribution in [0.5, 0.6) is 0 Å². The van der Waals surface area contributed by atoms with Gasteiger partial charge in [-0.2, -0.15) is 0 Å². The molecule has 3 N–H and O–H groups in total. The first-order valence-corrected chi connectivity index (χ1v) is 11.1. The van der Waals surface area contributed by atoms with Crippen molar-refractivity contribution in [3.8, 4) is 0 Å². The molecule has 0 radical (unpaired) electrons. The number of rotatable bonds is 19. The maximum Gasteiger partial charge on any atom is 0.0431 e. The molecule has 0 heterocycles. The second-order valence-corrected chi connectivity index (χ2v) is 7.53. The molecular weight excluding hydrogens is 322 g/mol. The highest BCUT2D eigenvalue weighted by Crippen LogP contribution is 2.08. The third-order valence-corrected chi connectivity index (χ3v) is 5.19. The van der Waals surface area contributed by atoms with Gasteiger partial charge < -0.3 is 20.6 Å². The van der Waals surface area contributed by atoms with Gasteiger partial charge in [-0.15, -0.1) is 0 Å². The molecule has 0 aromatic carbocycles. The molecule has 0 aliphatic carbocycles. The second-order valence-electron chi connectivity index (χ2n) is 7.53. The average molecular weight is 370 g/mol. The molecule has 4 heteroatoms. The van der Waals surface area contributed by atoms with Crippen LogP contribution in [0.25, 0.3) is 0 Å². The molecule has 0 bridgehead atoms. The summed E-state index contributed by atoms with van der Waals surface area (Å²) in [6.07, 6.45) is 14.1. The summed E-state index contributed by atoms with van der Waals surface area (Å²) in [5.41, 5.74) is 2.47. The van der Waals surface area contributed by atoms with E-state index in [2.05, 4.69) is 36.3 Å². The van der Waals surface area contributed by atoms with Crippen LogP contribution in [0.4, 0.5) is 0 Å². The molecule has 0 saturated heterocycles. The molecule has 0 fully saturated rings.